The molecule has 1 N–H and O–H groups in total. The molecule has 3 aromatic carbocycles. The second kappa shape index (κ2) is 9.51. The Kier molecular flexibility index (Phi) is 6.35. The lowest BCUT2D eigenvalue weighted by atomic mass is 10.00. The molecule has 32 heavy (non-hydrogen) atoms. The van der Waals surface area contributed by atoms with Crippen LogP contribution in [0.4, 0.5) is 4.39 Å². The minimum Gasteiger partial charge on any atom is -0.497 e. The first-order valence-corrected chi connectivity index (χ1v) is 10.3. The average Bonchev–Trinajstić information content (AvgIpc) is 3.23. The Morgan fingerprint density at radius 3 is 2.75 bits per heavy atom. The SMILES string of the molecule is CNC(=O)CCn1ncc2cc(OCc3ccccc3-c3cc(F)cc(OC)c3)ccc21. The second-order valence-electron chi connectivity index (χ2n) is 7.34. The van der Waals surface area contributed by atoms with Gasteiger partial charge < -0.3 is 14.8 Å². The first-order valence-electron chi connectivity index (χ1n) is 10.3. The van der Waals surface area contributed by atoms with Crippen LogP contribution in [0.25, 0.3) is 22.0 Å². The normalized spacial score (nSPS) is 10.8. The molecule has 4 rings (SSSR count). The van der Waals surface area contributed by atoms with Gasteiger partial charge in [0.2, 0.25) is 5.91 Å². The Hall–Kier alpha value is -3.87. The number of hydrogen-bond donors (Lipinski definition) is 1. The van der Waals surface area contributed by atoms with E-state index in [2.05, 4.69) is 10.4 Å². The van der Waals surface area contributed by atoms with Gasteiger partial charge in [-0.2, -0.15) is 5.10 Å². The van der Waals surface area contributed by atoms with E-state index in [-0.39, 0.29) is 11.7 Å². The molecular weight excluding hydrogens is 409 g/mol. The highest BCUT2D eigenvalue weighted by atomic mass is 19.1. The molecule has 0 saturated carbocycles. The molecule has 0 fully saturated rings. The molecule has 0 aliphatic heterocycles. The number of halogens is 1. The molecule has 6 nitrogen and oxygen atoms in total. The van der Waals surface area contributed by atoms with Gasteiger partial charge in [-0.05, 0) is 47.0 Å². The van der Waals surface area contributed by atoms with Crippen molar-refractivity contribution in [2.24, 2.45) is 0 Å². The predicted molar refractivity (Wildman–Crippen MR) is 121 cm³/mol. The Bertz CT molecular complexity index is 1250. The van der Waals surface area contributed by atoms with Crippen molar-refractivity contribution in [1.29, 1.82) is 0 Å². The summed E-state index contributed by atoms with van der Waals surface area (Å²) in [5, 5.41) is 7.92. The van der Waals surface area contributed by atoms with Crippen LogP contribution < -0.4 is 14.8 Å². The van der Waals surface area contributed by atoms with Gasteiger partial charge in [-0.1, -0.05) is 24.3 Å². The van der Waals surface area contributed by atoms with Gasteiger partial charge in [0.15, 0.2) is 0 Å². The molecule has 1 aromatic heterocycles. The number of methoxy groups -OCH3 is 1. The number of carbonyl (C=O) groups excluding carboxylic acids is 1. The van der Waals surface area contributed by atoms with Crippen molar-refractivity contribution < 1.29 is 18.7 Å². The summed E-state index contributed by atoms with van der Waals surface area (Å²) in [7, 11) is 3.14. The molecule has 0 spiro atoms. The number of nitrogens with zero attached hydrogens (tertiary/aromatic N) is 2. The van der Waals surface area contributed by atoms with Crippen LogP contribution in [0, 0.1) is 5.82 Å². The number of hydrogen-bond acceptors (Lipinski definition) is 4. The lowest BCUT2D eigenvalue weighted by Crippen LogP contribution is -2.19. The number of aryl methyl sites for hydroxylation is 1. The molecular formula is C25H24FN3O3. The summed E-state index contributed by atoms with van der Waals surface area (Å²) in [5.74, 6) is 0.793. The van der Waals surface area contributed by atoms with E-state index >= 15 is 0 Å². The van der Waals surface area contributed by atoms with E-state index in [1.807, 2.05) is 42.5 Å². The molecule has 0 aliphatic rings. The first-order chi connectivity index (χ1) is 15.6. The molecule has 1 amide bonds. The highest BCUT2D eigenvalue weighted by Gasteiger charge is 2.10. The average molecular weight is 433 g/mol. The van der Waals surface area contributed by atoms with Crippen molar-refractivity contribution in [1.82, 2.24) is 15.1 Å². The number of nitrogens with one attached hydrogen (secondary N) is 1. The Morgan fingerprint density at radius 2 is 1.94 bits per heavy atom. The van der Waals surface area contributed by atoms with Crippen LogP contribution >= 0.6 is 0 Å². The van der Waals surface area contributed by atoms with E-state index in [0.29, 0.717) is 31.1 Å². The standard InChI is InChI=1S/C25H24FN3O3/c1-27-25(30)9-10-29-24-8-7-21(13-19(24)15-28-29)32-16-17-5-3-4-6-23(17)18-11-20(26)14-22(12-18)31-2/h3-8,11-15H,9-10,16H2,1-2H3,(H,27,30). The molecule has 0 atom stereocenters. The van der Waals surface area contributed by atoms with Gasteiger partial charge in [0.1, 0.15) is 23.9 Å². The summed E-state index contributed by atoms with van der Waals surface area (Å²) in [6, 6.07) is 18.1. The van der Waals surface area contributed by atoms with Crippen molar-refractivity contribution in [3.63, 3.8) is 0 Å². The van der Waals surface area contributed by atoms with Crippen LogP contribution in [-0.4, -0.2) is 29.8 Å². The summed E-state index contributed by atoms with van der Waals surface area (Å²) in [6.07, 6.45) is 2.13. The minimum atomic E-state index is -0.353. The highest BCUT2D eigenvalue weighted by Crippen LogP contribution is 2.29. The number of amides is 1. The third kappa shape index (κ3) is 4.72. The van der Waals surface area contributed by atoms with E-state index in [0.717, 1.165) is 27.6 Å². The largest absolute Gasteiger partial charge is 0.497 e. The van der Waals surface area contributed by atoms with Crippen LogP contribution in [0.1, 0.15) is 12.0 Å². The lowest BCUT2D eigenvalue weighted by Gasteiger charge is -2.13. The van der Waals surface area contributed by atoms with E-state index in [4.69, 9.17) is 9.47 Å². The second-order valence-corrected chi connectivity index (χ2v) is 7.34. The fraction of sp³-hybridized carbons (Fsp3) is 0.200. The van der Waals surface area contributed by atoms with Gasteiger partial charge in [-0.25, -0.2) is 4.39 Å². The number of benzene rings is 3. The zero-order valence-corrected chi connectivity index (χ0v) is 18.0. The number of rotatable bonds is 8. The maximum Gasteiger partial charge on any atom is 0.221 e. The van der Waals surface area contributed by atoms with E-state index < -0.39 is 0 Å². The third-order valence-corrected chi connectivity index (χ3v) is 5.27. The molecule has 1 heterocycles. The molecule has 0 bridgehead atoms. The number of carbonyl (C=O) groups is 1. The van der Waals surface area contributed by atoms with Crippen molar-refractivity contribution >= 4 is 16.8 Å². The smallest absolute Gasteiger partial charge is 0.221 e. The van der Waals surface area contributed by atoms with Crippen molar-refractivity contribution in [3.05, 3.63) is 78.2 Å². The Morgan fingerprint density at radius 1 is 1.09 bits per heavy atom. The maximum absolute atomic E-state index is 14.0. The number of aromatic nitrogens is 2. The fourth-order valence-corrected chi connectivity index (χ4v) is 3.59. The van der Waals surface area contributed by atoms with Crippen LogP contribution in [0.3, 0.4) is 0 Å². The van der Waals surface area contributed by atoms with Gasteiger partial charge in [-0.3, -0.25) is 9.48 Å². The number of fused-ring (bicyclic) bond motifs is 1. The minimum absolute atomic E-state index is 0.0248. The van der Waals surface area contributed by atoms with Gasteiger partial charge in [0.05, 0.1) is 25.4 Å². The third-order valence-electron chi connectivity index (χ3n) is 5.27. The quantitative estimate of drug-likeness (QED) is 0.442. The molecule has 0 saturated heterocycles. The summed E-state index contributed by atoms with van der Waals surface area (Å²) in [6.45, 7) is 0.833. The van der Waals surface area contributed by atoms with E-state index in [1.165, 1.54) is 19.2 Å². The maximum atomic E-state index is 14.0. The van der Waals surface area contributed by atoms with Crippen molar-refractivity contribution in [2.45, 2.75) is 19.6 Å². The molecule has 164 valence electrons. The van der Waals surface area contributed by atoms with Crippen LogP contribution in [0.5, 0.6) is 11.5 Å². The Labute approximate surface area is 185 Å². The van der Waals surface area contributed by atoms with E-state index in [1.54, 1.807) is 24.0 Å². The van der Waals surface area contributed by atoms with E-state index in [9.17, 15) is 9.18 Å². The van der Waals surface area contributed by atoms with Gasteiger partial charge in [-0.15, -0.1) is 0 Å². The summed E-state index contributed by atoms with van der Waals surface area (Å²) < 4.78 is 27.1. The van der Waals surface area contributed by atoms with Gasteiger partial charge in [0, 0.05) is 24.9 Å². The van der Waals surface area contributed by atoms with Crippen LogP contribution in [0.2, 0.25) is 0 Å². The zero-order valence-electron chi connectivity index (χ0n) is 18.0. The van der Waals surface area contributed by atoms with Crippen LogP contribution in [0.15, 0.2) is 66.9 Å². The zero-order chi connectivity index (χ0) is 22.5. The van der Waals surface area contributed by atoms with Crippen molar-refractivity contribution in [3.8, 4) is 22.6 Å². The summed E-state index contributed by atoms with van der Waals surface area (Å²) in [4.78, 5) is 11.5. The summed E-state index contributed by atoms with van der Waals surface area (Å²) >= 11 is 0. The molecule has 0 unspecified atom stereocenters. The molecule has 0 radical (unpaired) electrons. The highest BCUT2D eigenvalue weighted by molar-refractivity contribution is 5.81. The summed E-state index contributed by atoms with van der Waals surface area (Å²) in [5.41, 5.74) is 3.48. The van der Waals surface area contributed by atoms with Crippen LogP contribution in [-0.2, 0) is 17.9 Å². The predicted octanol–water partition coefficient (Wildman–Crippen LogP) is 4.57. The molecule has 7 heteroatoms. The Balaban J connectivity index is 1.52. The number of ether oxygens (including phenoxy) is 2. The monoisotopic (exact) mass is 433 g/mol. The molecule has 4 aromatic rings. The first kappa shape index (κ1) is 21.4. The topological polar surface area (TPSA) is 65.4 Å². The molecule has 0 aliphatic carbocycles. The van der Waals surface area contributed by atoms with Crippen molar-refractivity contribution in [2.75, 3.05) is 14.2 Å². The lowest BCUT2D eigenvalue weighted by molar-refractivity contribution is -0.120. The fourth-order valence-electron chi connectivity index (χ4n) is 3.59. The van der Waals surface area contributed by atoms with Gasteiger partial charge >= 0.3 is 0 Å². The van der Waals surface area contributed by atoms with Gasteiger partial charge in [0.25, 0.3) is 0 Å².